The number of anilines is 2. The second-order valence-corrected chi connectivity index (χ2v) is 10.5. The van der Waals surface area contributed by atoms with E-state index < -0.39 is 29.2 Å². The van der Waals surface area contributed by atoms with Crippen LogP contribution in [0.5, 0.6) is 0 Å². The van der Waals surface area contributed by atoms with E-state index >= 15 is 0 Å². The van der Waals surface area contributed by atoms with Crippen molar-refractivity contribution in [3.63, 3.8) is 0 Å². The van der Waals surface area contributed by atoms with E-state index in [1.54, 1.807) is 18.5 Å². The number of amides is 3. The quantitative estimate of drug-likeness (QED) is 0.564. The number of hydrogen-bond acceptors (Lipinski definition) is 3. The molecule has 2 N–H and O–H groups in total. The Kier molecular flexibility index (Phi) is 7.74. The van der Waals surface area contributed by atoms with Gasteiger partial charge in [-0.1, -0.05) is 26.8 Å². The third kappa shape index (κ3) is 6.98. The number of urea groups is 1. The van der Waals surface area contributed by atoms with Crippen molar-refractivity contribution in [1.82, 2.24) is 14.7 Å². The molecule has 34 heavy (non-hydrogen) atoms. The Balaban J connectivity index is 2.20. The van der Waals surface area contributed by atoms with Gasteiger partial charge in [0.2, 0.25) is 5.91 Å². The van der Waals surface area contributed by atoms with E-state index in [4.69, 9.17) is 0 Å². The van der Waals surface area contributed by atoms with Crippen LogP contribution < -0.4 is 10.6 Å². The van der Waals surface area contributed by atoms with Gasteiger partial charge in [-0.3, -0.25) is 4.79 Å². The van der Waals surface area contributed by atoms with Crippen LogP contribution in [0.25, 0.3) is 0 Å². The Hall–Kier alpha value is -3.04. The number of hydrogen-bond donors (Lipinski definition) is 2. The van der Waals surface area contributed by atoms with Crippen LogP contribution in [0.15, 0.2) is 30.3 Å². The first-order valence-corrected chi connectivity index (χ1v) is 11.1. The highest BCUT2D eigenvalue weighted by molar-refractivity contribution is 5.96. The van der Waals surface area contributed by atoms with Gasteiger partial charge in [0.05, 0.1) is 16.8 Å². The van der Waals surface area contributed by atoms with Crippen molar-refractivity contribution in [2.24, 2.45) is 0 Å². The number of carbonyl (C=O) groups excluding carboxylic acids is 2. The standard InChI is InChI=1S/C24H34F3N5O2/c1-15(2)31(21(34)28-17-11-9-10-16(12-17)24(25,26)27)14-20(33)29-19-13-18(22(3,4)5)30-32(19)23(6,7)8/h9-13,15H,14H2,1-8H3,(H,28,34)(H,29,33). The lowest BCUT2D eigenvalue weighted by Gasteiger charge is -2.27. The summed E-state index contributed by atoms with van der Waals surface area (Å²) in [5.41, 5.74) is -0.702. The van der Waals surface area contributed by atoms with Gasteiger partial charge in [0.25, 0.3) is 0 Å². The number of benzene rings is 1. The molecule has 0 aliphatic rings. The minimum atomic E-state index is -4.53. The zero-order chi connectivity index (χ0) is 26.1. The molecule has 2 aromatic rings. The molecule has 0 fully saturated rings. The fourth-order valence-electron chi connectivity index (χ4n) is 3.14. The molecule has 0 saturated heterocycles. The smallest absolute Gasteiger partial charge is 0.313 e. The molecule has 1 aromatic carbocycles. The molecular formula is C24H34F3N5O2. The summed E-state index contributed by atoms with van der Waals surface area (Å²) in [6.45, 7) is 15.1. The van der Waals surface area contributed by atoms with Crippen molar-refractivity contribution in [3.05, 3.63) is 41.6 Å². The van der Waals surface area contributed by atoms with Crippen LogP contribution in [0.2, 0.25) is 0 Å². The van der Waals surface area contributed by atoms with Crippen LogP contribution in [0.4, 0.5) is 29.5 Å². The Labute approximate surface area is 198 Å². The molecule has 2 rings (SSSR count). The third-order valence-corrected chi connectivity index (χ3v) is 5.02. The highest BCUT2D eigenvalue weighted by Crippen LogP contribution is 2.31. The predicted molar refractivity (Wildman–Crippen MR) is 127 cm³/mol. The lowest BCUT2D eigenvalue weighted by molar-refractivity contribution is -0.137. The van der Waals surface area contributed by atoms with Gasteiger partial charge in [-0.15, -0.1) is 0 Å². The maximum Gasteiger partial charge on any atom is 0.416 e. The van der Waals surface area contributed by atoms with E-state index in [9.17, 15) is 22.8 Å². The van der Waals surface area contributed by atoms with Gasteiger partial charge in [0, 0.05) is 23.2 Å². The number of nitrogens with zero attached hydrogens (tertiary/aromatic N) is 3. The Morgan fingerprint density at radius 2 is 1.65 bits per heavy atom. The molecule has 0 atom stereocenters. The van der Waals surface area contributed by atoms with Gasteiger partial charge in [0.1, 0.15) is 12.4 Å². The number of carbonyl (C=O) groups is 2. The van der Waals surface area contributed by atoms with Crippen molar-refractivity contribution in [1.29, 1.82) is 0 Å². The fourth-order valence-corrected chi connectivity index (χ4v) is 3.14. The molecule has 0 aliphatic carbocycles. The molecule has 0 aliphatic heterocycles. The summed E-state index contributed by atoms with van der Waals surface area (Å²) in [6.07, 6.45) is -4.53. The van der Waals surface area contributed by atoms with Crippen molar-refractivity contribution in [3.8, 4) is 0 Å². The van der Waals surface area contributed by atoms with Crippen LogP contribution in [0.1, 0.15) is 66.6 Å². The Morgan fingerprint density at radius 1 is 1.03 bits per heavy atom. The molecule has 7 nitrogen and oxygen atoms in total. The van der Waals surface area contributed by atoms with E-state index in [0.29, 0.717) is 5.82 Å². The Bertz CT molecular complexity index is 1030. The number of aromatic nitrogens is 2. The van der Waals surface area contributed by atoms with Gasteiger partial charge >= 0.3 is 12.2 Å². The van der Waals surface area contributed by atoms with Gasteiger partial charge in [-0.2, -0.15) is 18.3 Å². The summed E-state index contributed by atoms with van der Waals surface area (Å²) in [5, 5.41) is 9.94. The molecule has 0 bridgehead atoms. The van der Waals surface area contributed by atoms with Crippen LogP contribution in [0.3, 0.4) is 0 Å². The molecule has 188 valence electrons. The molecule has 1 aromatic heterocycles. The van der Waals surface area contributed by atoms with E-state index in [1.807, 2.05) is 47.6 Å². The molecule has 10 heteroatoms. The number of alkyl halides is 3. The normalized spacial score (nSPS) is 12.6. The maximum absolute atomic E-state index is 13.0. The van der Waals surface area contributed by atoms with Gasteiger partial charge in [-0.05, 0) is 52.8 Å². The monoisotopic (exact) mass is 481 g/mol. The molecule has 0 radical (unpaired) electrons. The average molecular weight is 482 g/mol. The minimum absolute atomic E-state index is 0.00786. The highest BCUT2D eigenvalue weighted by atomic mass is 19.4. The molecule has 0 spiro atoms. The van der Waals surface area contributed by atoms with Crippen molar-refractivity contribution in [2.45, 2.75) is 78.6 Å². The van der Waals surface area contributed by atoms with Crippen molar-refractivity contribution in [2.75, 3.05) is 17.2 Å². The second-order valence-electron chi connectivity index (χ2n) is 10.5. The summed E-state index contributed by atoms with van der Waals surface area (Å²) in [7, 11) is 0. The van der Waals surface area contributed by atoms with Crippen LogP contribution in [0, 0.1) is 0 Å². The molecule has 0 unspecified atom stereocenters. The highest BCUT2D eigenvalue weighted by Gasteiger charge is 2.31. The largest absolute Gasteiger partial charge is 0.416 e. The first kappa shape index (κ1) is 27.2. The van der Waals surface area contributed by atoms with E-state index in [2.05, 4.69) is 15.7 Å². The predicted octanol–water partition coefficient (Wildman–Crippen LogP) is 5.84. The molecule has 1 heterocycles. The van der Waals surface area contributed by atoms with Crippen LogP contribution in [-0.2, 0) is 21.9 Å². The summed E-state index contributed by atoms with van der Waals surface area (Å²) in [6, 6.07) is 5.11. The summed E-state index contributed by atoms with van der Waals surface area (Å²) >= 11 is 0. The summed E-state index contributed by atoms with van der Waals surface area (Å²) in [4.78, 5) is 26.9. The van der Waals surface area contributed by atoms with Gasteiger partial charge in [-0.25, -0.2) is 9.48 Å². The lowest BCUT2D eigenvalue weighted by atomic mass is 9.92. The first-order chi connectivity index (χ1) is 15.4. The van der Waals surface area contributed by atoms with Crippen molar-refractivity contribution >= 4 is 23.4 Å². The van der Waals surface area contributed by atoms with Crippen LogP contribution >= 0.6 is 0 Å². The third-order valence-electron chi connectivity index (χ3n) is 5.02. The fraction of sp³-hybridized carbons (Fsp3) is 0.542. The zero-order valence-corrected chi connectivity index (χ0v) is 21.0. The maximum atomic E-state index is 13.0. The number of rotatable bonds is 5. The van der Waals surface area contributed by atoms with E-state index in [1.165, 1.54) is 17.0 Å². The zero-order valence-electron chi connectivity index (χ0n) is 21.0. The second kappa shape index (κ2) is 9.68. The van der Waals surface area contributed by atoms with Gasteiger partial charge in [0.15, 0.2) is 0 Å². The van der Waals surface area contributed by atoms with E-state index in [-0.39, 0.29) is 23.7 Å². The Morgan fingerprint density at radius 3 is 2.15 bits per heavy atom. The SMILES string of the molecule is CC(C)N(CC(=O)Nc1cc(C(C)(C)C)nn1C(C)(C)C)C(=O)Nc1cccc(C(F)(F)F)c1. The molecular weight excluding hydrogens is 447 g/mol. The lowest BCUT2D eigenvalue weighted by Crippen LogP contribution is -2.45. The summed E-state index contributed by atoms with van der Waals surface area (Å²) in [5.74, 6) is 0.0585. The average Bonchev–Trinajstić information content (AvgIpc) is 3.10. The molecule has 3 amide bonds. The van der Waals surface area contributed by atoms with Crippen molar-refractivity contribution < 1.29 is 22.8 Å². The minimum Gasteiger partial charge on any atom is -0.313 e. The number of nitrogens with one attached hydrogen (secondary N) is 2. The topological polar surface area (TPSA) is 79.3 Å². The van der Waals surface area contributed by atoms with Crippen LogP contribution in [-0.4, -0.2) is 39.2 Å². The number of halogens is 3. The van der Waals surface area contributed by atoms with Gasteiger partial charge < -0.3 is 15.5 Å². The van der Waals surface area contributed by atoms with E-state index in [0.717, 1.165) is 17.8 Å². The summed E-state index contributed by atoms with van der Waals surface area (Å²) < 4.78 is 40.7. The first-order valence-electron chi connectivity index (χ1n) is 11.1. The molecule has 0 saturated carbocycles.